The average molecular weight is 264 g/mol. The van der Waals surface area contributed by atoms with E-state index in [1.807, 2.05) is 13.0 Å². The standard InChI is InChI=1S/C14H20N2O3/c1-3-14(2,10-17)16-12(18)9-15-13(19)11-7-5-4-6-8-11/h4-8,17H,3,9-10H2,1-2H3,(H,15,19)(H,16,18). The zero-order valence-electron chi connectivity index (χ0n) is 11.3. The Balaban J connectivity index is 2.45. The summed E-state index contributed by atoms with van der Waals surface area (Å²) in [7, 11) is 0. The van der Waals surface area contributed by atoms with E-state index in [1.165, 1.54) is 0 Å². The minimum atomic E-state index is -0.644. The molecule has 0 fully saturated rings. The van der Waals surface area contributed by atoms with Gasteiger partial charge in [0.1, 0.15) is 0 Å². The predicted molar refractivity (Wildman–Crippen MR) is 72.7 cm³/mol. The maximum atomic E-state index is 11.7. The van der Waals surface area contributed by atoms with Gasteiger partial charge < -0.3 is 15.7 Å². The molecule has 1 aromatic carbocycles. The van der Waals surface area contributed by atoms with Gasteiger partial charge in [0.2, 0.25) is 5.91 Å². The first-order valence-electron chi connectivity index (χ1n) is 6.26. The second-order valence-electron chi connectivity index (χ2n) is 4.67. The Morgan fingerprint density at radius 1 is 1.26 bits per heavy atom. The summed E-state index contributed by atoms with van der Waals surface area (Å²) in [5, 5.41) is 14.4. The highest BCUT2D eigenvalue weighted by atomic mass is 16.3. The van der Waals surface area contributed by atoms with Crippen LogP contribution in [0.2, 0.25) is 0 Å². The van der Waals surface area contributed by atoms with E-state index >= 15 is 0 Å². The molecular formula is C14H20N2O3. The van der Waals surface area contributed by atoms with Crippen LogP contribution in [0.5, 0.6) is 0 Å². The van der Waals surface area contributed by atoms with Gasteiger partial charge >= 0.3 is 0 Å². The summed E-state index contributed by atoms with van der Waals surface area (Å²) in [5.74, 6) is -0.611. The Bertz CT molecular complexity index is 428. The molecular weight excluding hydrogens is 244 g/mol. The van der Waals surface area contributed by atoms with E-state index in [-0.39, 0.29) is 25.0 Å². The van der Waals surface area contributed by atoms with Crippen molar-refractivity contribution in [2.75, 3.05) is 13.2 Å². The van der Waals surface area contributed by atoms with Crippen LogP contribution in [0.3, 0.4) is 0 Å². The van der Waals surface area contributed by atoms with Gasteiger partial charge in [-0.3, -0.25) is 9.59 Å². The van der Waals surface area contributed by atoms with Crippen molar-refractivity contribution in [2.24, 2.45) is 0 Å². The minimum absolute atomic E-state index is 0.108. The maximum Gasteiger partial charge on any atom is 0.251 e. The zero-order valence-corrected chi connectivity index (χ0v) is 11.3. The summed E-state index contributed by atoms with van der Waals surface area (Å²) in [6.45, 7) is 3.38. The van der Waals surface area contributed by atoms with Crippen molar-refractivity contribution in [3.8, 4) is 0 Å². The second kappa shape index (κ2) is 6.89. The van der Waals surface area contributed by atoms with Crippen LogP contribution >= 0.6 is 0 Å². The van der Waals surface area contributed by atoms with E-state index in [0.717, 1.165) is 0 Å². The molecule has 1 rings (SSSR count). The van der Waals surface area contributed by atoms with Crippen molar-refractivity contribution in [1.29, 1.82) is 0 Å². The average Bonchev–Trinajstić information content (AvgIpc) is 2.45. The van der Waals surface area contributed by atoms with E-state index in [9.17, 15) is 14.7 Å². The number of aliphatic hydroxyl groups is 1. The van der Waals surface area contributed by atoms with Gasteiger partial charge in [0.25, 0.3) is 5.91 Å². The van der Waals surface area contributed by atoms with Gasteiger partial charge in [0, 0.05) is 5.56 Å². The molecule has 0 radical (unpaired) electrons. The molecule has 1 atom stereocenters. The summed E-state index contributed by atoms with van der Waals surface area (Å²) in [6, 6.07) is 8.69. The van der Waals surface area contributed by atoms with Gasteiger partial charge in [0.15, 0.2) is 0 Å². The first kappa shape index (κ1) is 15.2. The third kappa shape index (κ3) is 4.71. The Kier molecular flexibility index (Phi) is 5.51. The van der Waals surface area contributed by atoms with Crippen LogP contribution in [-0.2, 0) is 4.79 Å². The van der Waals surface area contributed by atoms with Crippen LogP contribution in [0.15, 0.2) is 30.3 Å². The van der Waals surface area contributed by atoms with Crippen LogP contribution in [-0.4, -0.2) is 35.6 Å². The molecule has 5 heteroatoms. The van der Waals surface area contributed by atoms with Gasteiger partial charge in [-0.2, -0.15) is 0 Å². The number of carbonyl (C=O) groups excluding carboxylic acids is 2. The Hall–Kier alpha value is -1.88. The predicted octanol–water partition coefficient (Wildman–Crippen LogP) is 0.694. The molecule has 3 N–H and O–H groups in total. The number of rotatable bonds is 6. The third-order valence-corrected chi connectivity index (χ3v) is 3.02. The fraction of sp³-hybridized carbons (Fsp3) is 0.429. The van der Waals surface area contributed by atoms with Crippen LogP contribution in [0.1, 0.15) is 30.6 Å². The molecule has 104 valence electrons. The summed E-state index contributed by atoms with van der Waals surface area (Å²) in [6.07, 6.45) is 0.613. The summed E-state index contributed by atoms with van der Waals surface area (Å²) >= 11 is 0. The minimum Gasteiger partial charge on any atom is -0.394 e. The fourth-order valence-electron chi connectivity index (χ4n) is 1.47. The number of hydrogen-bond donors (Lipinski definition) is 3. The quantitative estimate of drug-likeness (QED) is 0.707. The van der Waals surface area contributed by atoms with Crippen LogP contribution in [0, 0.1) is 0 Å². The summed E-state index contributed by atoms with van der Waals surface area (Å²) in [4.78, 5) is 23.4. The van der Waals surface area contributed by atoms with Crippen LogP contribution in [0.25, 0.3) is 0 Å². The number of nitrogens with one attached hydrogen (secondary N) is 2. The molecule has 0 bridgehead atoms. The van der Waals surface area contributed by atoms with Crippen molar-refractivity contribution in [1.82, 2.24) is 10.6 Å². The van der Waals surface area contributed by atoms with E-state index < -0.39 is 5.54 Å². The summed E-state index contributed by atoms with van der Waals surface area (Å²) < 4.78 is 0. The number of amides is 2. The fourth-order valence-corrected chi connectivity index (χ4v) is 1.47. The smallest absolute Gasteiger partial charge is 0.251 e. The molecule has 0 saturated carbocycles. The normalized spacial score (nSPS) is 13.4. The molecule has 0 aromatic heterocycles. The van der Waals surface area contributed by atoms with E-state index in [2.05, 4.69) is 10.6 Å². The molecule has 0 heterocycles. The largest absolute Gasteiger partial charge is 0.394 e. The van der Waals surface area contributed by atoms with Crippen molar-refractivity contribution in [3.63, 3.8) is 0 Å². The molecule has 0 aliphatic heterocycles. The highest BCUT2D eigenvalue weighted by molar-refractivity contribution is 5.96. The van der Waals surface area contributed by atoms with E-state index in [0.29, 0.717) is 12.0 Å². The molecule has 0 aliphatic rings. The molecule has 0 aliphatic carbocycles. The van der Waals surface area contributed by atoms with Crippen molar-refractivity contribution >= 4 is 11.8 Å². The molecule has 0 spiro atoms. The Labute approximate surface area is 113 Å². The first-order valence-corrected chi connectivity index (χ1v) is 6.26. The van der Waals surface area contributed by atoms with Crippen LogP contribution in [0.4, 0.5) is 0 Å². The van der Waals surface area contributed by atoms with Crippen molar-refractivity contribution in [2.45, 2.75) is 25.8 Å². The lowest BCUT2D eigenvalue weighted by Crippen LogP contribution is -2.51. The SMILES string of the molecule is CCC(C)(CO)NC(=O)CNC(=O)c1ccccc1. The Morgan fingerprint density at radius 2 is 1.89 bits per heavy atom. The van der Waals surface area contributed by atoms with Crippen LogP contribution < -0.4 is 10.6 Å². The van der Waals surface area contributed by atoms with E-state index in [4.69, 9.17) is 0 Å². The van der Waals surface area contributed by atoms with Gasteiger partial charge in [-0.25, -0.2) is 0 Å². The highest BCUT2D eigenvalue weighted by Crippen LogP contribution is 2.06. The molecule has 1 unspecified atom stereocenters. The monoisotopic (exact) mass is 264 g/mol. The number of carbonyl (C=O) groups is 2. The molecule has 19 heavy (non-hydrogen) atoms. The summed E-state index contributed by atoms with van der Waals surface area (Å²) in [5.41, 5.74) is -0.134. The molecule has 0 saturated heterocycles. The molecule has 1 aromatic rings. The van der Waals surface area contributed by atoms with Crippen molar-refractivity contribution < 1.29 is 14.7 Å². The number of hydrogen-bond acceptors (Lipinski definition) is 3. The highest BCUT2D eigenvalue weighted by Gasteiger charge is 2.23. The molecule has 2 amide bonds. The van der Waals surface area contributed by atoms with Gasteiger partial charge in [-0.1, -0.05) is 25.1 Å². The van der Waals surface area contributed by atoms with E-state index in [1.54, 1.807) is 31.2 Å². The maximum absolute atomic E-state index is 11.7. The lowest BCUT2D eigenvalue weighted by atomic mass is 10.0. The van der Waals surface area contributed by atoms with Gasteiger partial charge in [-0.15, -0.1) is 0 Å². The first-order chi connectivity index (χ1) is 9.00. The van der Waals surface area contributed by atoms with Gasteiger partial charge in [-0.05, 0) is 25.5 Å². The third-order valence-electron chi connectivity index (χ3n) is 3.02. The second-order valence-corrected chi connectivity index (χ2v) is 4.67. The topological polar surface area (TPSA) is 78.4 Å². The molecule has 5 nitrogen and oxygen atoms in total. The number of benzene rings is 1. The van der Waals surface area contributed by atoms with Gasteiger partial charge in [0.05, 0.1) is 18.7 Å². The van der Waals surface area contributed by atoms with Crippen molar-refractivity contribution in [3.05, 3.63) is 35.9 Å². The lowest BCUT2D eigenvalue weighted by molar-refractivity contribution is -0.122. The zero-order chi connectivity index (χ0) is 14.3. The number of aliphatic hydroxyl groups excluding tert-OH is 1. The lowest BCUT2D eigenvalue weighted by Gasteiger charge is -2.27. The Morgan fingerprint density at radius 3 is 2.42 bits per heavy atom.